The van der Waals surface area contributed by atoms with Gasteiger partial charge < -0.3 is 20.1 Å². The largest absolute Gasteiger partial charge is 0.465 e. The number of anilines is 1. The van der Waals surface area contributed by atoms with E-state index in [1.165, 1.54) is 14.2 Å². The molecule has 0 aliphatic carbocycles. The fourth-order valence-corrected chi connectivity index (χ4v) is 2.16. The molecular weight excluding hydrogens is 324 g/mol. The monoisotopic (exact) mass is 346 g/mol. The minimum absolute atomic E-state index is 0. The Bertz CT molecular complexity index is 799. The van der Waals surface area contributed by atoms with Gasteiger partial charge in [-0.2, -0.15) is 0 Å². The lowest BCUT2D eigenvalue weighted by Gasteiger charge is -2.11. The second-order valence-electron chi connectivity index (χ2n) is 5.04. The first-order chi connectivity index (χ1) is 12.0. The van der Waals surface area contributed by atoms with Crippen LogP contribution >= 0.6 is 0 Å². The van der Waals surface area contributed by atoms with E-state index in [9.17, 15) is 14.4 Å². The second-order valence-corrected chi connectivity index (χ2v) is 5.04. The molecule has 0 aliphatic rings. The summed E-state index contributed by atoms with van der Waals surface area (Å²) in [6.45, 7) is 0.205. The maximum Gasteiger partial charge on any atom is 0.339 e. The van der Waals surface area contributed by atoms with Crippen LogP contribution in [0.3, 0.4) is 0 Å². The zero-order valence-corrected chi connectivity index (χ0v) is 13.9. The lowest BCUT2D eigenvalue weighted by atomic mass is 10.1. The molecule has 2 N–H and O–H groups in total. The highest BCUT2D eigenvalue weighted by Gasteiger charge is 2.13. The molecule has 2 amide bonds. The average molecular weight is 346 g/mol. The normalized spacial score (nSPS) is 9.84. The van der Waals surface area contributed by atoms with Gasteiger partial charge in [0.1, 0.15) is 0 Å². The van der Waals surface area contributed by atoms with E-state index in [1.807, 2.05) is 0 Å². The third kappa shape index (κ3) is 4.81. The Labute approximate surface area is 147 Å². The van der Waals surface area contributed by atoms with E-state index >= 15 is 0 Å². The van der Waals surface area contributed by atoms with Crippen LogP contribution in [0.15, 0.2) is 48.5 Å². The zero-order valence-electron chi connectivity index (χ0n) is 13.9. The van der Waals surface area contributed by atoms with Gasteiger partial charge in [0.15, 0.2) is 0 Å². The summed E-state index contributed by atoms with van der Waals surface area (Å²) in [6, 6.07) is 12.8. The number of amides is 2. The van der Waals surface area contributed by atoms with Crippen LogP contribution in [-0.2, 0) is 16.0 Å². The second kappa shape index (κ2) is 8.49. The summed E-state index contributed by atoms with van der Waals surface area (Å²) in [5.41, 5.74) is 1.74. The fraction of sp³-hybridized carbons (Fsp3) is 0.167. The number of methoxy groups -OCH3 is 2. The highest BCUT2D eigenvalue weighted by molar-refractivity contribution is 6.00. The van der Waals surface area contributed by atoms with Gasteiger partial charge in [-0.3, -0.25) is 0 Å². The minimum atomic E-state index is -0.540. The van der Waals surface area contributed by atoms with Crippen molar-refractivity contribution in [2.24, 2.45) is 0 Å². The van der Waals surface area contributed by atoms with Crippen LogP contribution < -0.4 is 10.6 Å². The van der Waals surface area contributed by atoms with Crippen molar-refractivity contribution in [3.63, 3.8) is 0 Å². The van der Waals surface area contributed by atoms with Crippen LogP contribution in [0.5, 0.6) is 0 Å². The molecule has 0 radical (unpaired) electrons. The first kappa shape index (κ1) is 18.0. The third-order valence-corrected chi connectivity index (χ3v) is 3.38. The Balaban J connectivity index is 0.00000338. The predicted octanol–water partition coefficient (Wildman–Crippen LogP) is 3.07. The van der Waals surface area contributed by atoms with Crippen molar-refractivity contribution < 1.29 is 26.7 Å². The topological polar surface area (TPSA) is 93.7 Å². The van der Waals surface area contributed by atoms with Crippen LogP contribution in [0.4, 0.5) is 10.5 Å². The number of carbonyl (C=O) groups excluding carboxylic acids is 3. The van der Waals surface area contributed by atoms with E-state index in [4.69, 9.17) is 0 Å². The average Bonchev–Trinajstić information content (AvgIpc) is 2.65. The maximum absolute atomic E-state index is 12.1. The van der Waals surface area contributed by atoms with Crippen molar-refractivity contribution in [3.8, 4) is 0 Å². The summed E-state index contributed by atoms with van der Waals surface area (Å²) >= 11 is 0. The smallest absolute Gasteiger partial charge is 0.339 e. The zero-order chi connectivity index (χ0) is 18.2. The van der Waals surface area contributed by atoms with Gasteiger partial charge in [0.2, 0.25) is 0 Å². The van der Waals surface area contributed by atoms with E-state index in [0.717, 1.165) is 5.56 Å². The minimum Gasteiger partial charge on any atom is -0.465 e. The standard InChI is InChI=1S/C18H18N2O5.2H2/c1-24-16(21)13-7-5-6-12(10-13)11-19-18(23)20-15-9-4-3-8-14(15)17(22)25-2;;/h3-10H,11H2,1-2H3,(H2,19,20,23);2*1H. The number of rotatable bonds is 5. The molecule has 7 heteroatoms. The van der Waals surface area contributed by atoms with Gasteiger partial charge in [-0.15, -0.1) is 0 Å². The molecule has 2 aromatic carbocycles. The Hall–Kier alpha value is -3.35. The molecule has 0 unspecified atom stereocenters. The van der Waals surface area contributed by atoms with Crippen LogP contribution in [0, 0.1) is 0 Å². The van der Waals surface area contributed by atoms with Gasteiger partial charge in [0, 0.05) is 9.40 Å². The molecule has 0 spiro atoms. The van der Waals surface area contributed by atoms with Gasteiger partial charge in [0.05, 0.1) is 31.0 Å². The number of hydrogen-bond acceptors (Lipinski definition) is 5. The number of benzene rings is 2. The summed E-state index contributed by atoms with van der Waals surface area (Å²) in [5.74, 6) is -0.986. The molecule has 0 aliphatic heterocycles. The number of nitrogens with one attached hydrogen (secondary N) is 2. The number of carbonyl (C=O) groups is 3. The molecule has 0 fully saturated rings. The lowest BCUT2D eigenvalue weighted by Crippen LogP contribution is -2.29. The maximum atomic E-state index is 12.1. The predicted molar refractivity (Wildman–Crippen MR) is 95.6 cm³/mol. The van der Waals surface area contributed by atoms with Crippen molar-refractivity contribution in [3.05, 3.63) is 65.2 Å². The summed E-state index contributed by atoms with van der Waals surface area (Å²) in [7, 11) is 2.58. The number of ether oxygens (including phenoxy) is 2. The molecule has 7 nitrogen and oxygen atoms in total. The molecule has 0 aromatic heterocycles. The third-order valence-electron chi connectivity index (χ3n) is 3.38. The number of para-hydroxylation sites is 1. The Morgan fingerprint density at radius 3 is 2.40 bits per heavy atom. The molecule has 2 aromatic rings. The summed E-state index contributed by atoms with van der Waals surface area (Å²) in [6.07, 6.45) is 0. The van der Waals surface area contributed by atoms with Crippen molar-refractivity contribution in [2.45, 2.75) is 6.54 Å². The number of hydrogen-bond donors (Lipinski definition) is 2. The summed E-state index contributed by atoms with van der Waals surface area (Å²) < 4.78 is 9.34. The van der Waals surface area contributed by atoms with Gasteiger partial charge >= 0.3 is 18.0 Å². The van der Waals surface area contributed by atoms with Crippen molar-refractivity contribution in [1.82, 2.24) is 5.32 Å². The van der Waals surface area contributed by atoms with E-state index < -0.39 is 18.0 Å². The molecule has 134 valence electrons. The SMILES string of the molecule is COC(=O)c1cccc(CNC(=O)Nc2ccccc2C(=O)OC)c1.[HH].[HH]. The first-order valence-corrected chi connectivity index (χ1v) is 7.44. The molecule has 0 saturated carbocycles. The molecule has 0 heterocycles. The van der Waals surface area contributed by atoms with Gasteiger partial charge in [-0.1, -0.05) is 24.3 Å². The highest BCUT2D eigenvalue weighted by atomic mass is 16.5. The van der Waals surface area contributed by atoms with Gasteiger partial charge in [-0.25, -0.2) is 14.4 Å². The van der Waals surface area contributed by atoms with Crippen LogP contribution in [0.1, 0.15) is 29.1 Å². The van der Waals surface area contributed by atoms with Crippen molar-refractivity contribution >= 4 is 23.7 Å². The van der Waals surface area contributed by atoms with Crippen molar-refractivity contribution in [1.29, 1.82) is 0 Å². The van der Waals surface area contributed by atoms with Gasteiger partial charge in [0.25, 0.3) is 0 Å². The fourth-order valence-electron chi connectivity index (χ4n) is 2.16. The molecule has 2 rings (SSSR count). The molecule has 25 heavy (non-hydrogen) atoms. The summed E-state index contributed by atoms with van der Waals surface area (Å²) in [5, 5.41) is 5.26. The van der Waals surface area contributed by atoms with Crippen LogP contribution in [0.2, 0.25) is 0 Å². The lowest BCUT2D eigenvalue weighted by molar-refractivity contribution is 0.0592. The molecular formula is C18H22N2O5. The Morgan fingerprint density at radius 2 is 1.68 bits per heavy atom. The first-order valence-electron chi connectivity index (χ1n) is 7.44. The van der Waals surface area contributed by atoms with Gasteiger partial charge in [-0.05, 0) is 29.8 Å². The van der Waals surface area contributed by atoms with Crippen molar-refractivity contribution in [2.75, 3.05) is 19.5 Å². The number of urea groups is 1. The van der Waals surface area contributed by atoms with Crippen LogP contribution in [0.25, 0.3) is 0 Å². The quantitative estimate of drug-likeness (QED) is 0.812. The van der Waals surface area contributed by atoms with E-state index in [0.29, 0.717) is 11.3 Å². The van der Waals surface area contributed by atoms with E-state index in [-0.39, 0.29) is 15.0 Å². The Kier molecular flexibility index (Phi) is 6.11. The van der Waals surface area contributed by atoms with Crippen LogP contribution in [-0.4, -0.2) is 32.2 Å². The molecule has 0 bridgehead atoms. The van der Waals surface area contributed by atoms with E-state index in [1.54, 1.807) is 48.5 Å². The summed E-state index contributed by atoms with van der Waals surface area (Å²) in [4.78, 5) is 35.3. The highest BCUT2D eigenvalue weighted by Crippen LogP contribution is 2.16. The molecule has 0 saturated heterocycles. The molecule has 0 atom stereocenters. The Morgan fingerprint density at radius 1 is 0.960 bits per heavy atom. The van der Waals surface area contributed by atoms with E-state index in [2.05, 4.69) is 20.1 Å². The number of esters is 2.